The highest BCUT2D eigenvalue weighted by Gasteiger charge is 2.53. The van der Waals surface area contributed by atoms with Crippen molar-refractivity contribution in [3.8, 4) is 0 Å². The first-order chi connectivity index (χ1) is 9.50. The summed E-state index contributed by atoms with van der Waals surface area (Å²) >= 11 is 0. The second kappa shape index (κ2) is 4.62. The summed E-state index contributed by atoms with van der Waals surface area (Å²) in [7, 11) is 0. The highest BCUT2D eigenvalue weighted by atomic mass is 16.2. The van der Waals surface area contributed by atoms with E-state index >= 15 is 0 Å². The molecule has 0 spiro atoms. The molecule has 4 heteroatoms. The molecule has 2 fully saturated rings. The molecule has 106 valence electrons. The molecule has 1 saturated carbocycles. The number of imide groups is 1. The fourth-order valence-electron chi connectivity index (χ4n) is 3.72. The Kier molecular flexibility index (Phi) is 3.04. The lowest BCUT2D eigenvalue weighted by molar-refractivity contribution is -0.143. The first-order valence-corrected chi connectivity index (χ1v) is 7.22. The number of anilines is 1. The summed E-state index contributed by atoms with van der Waals surface area (Å²) in [5, 5.41) is 0. The van der Waals surface area contributed by atoms with E-state index in [4.69, 9.17) is 5.73 Å². The molecule has 2 N–H and O–H groups in total. The van der Waals surface area contributed by atoms with Crippen LogP contribution in [0.15, 0.2) is 24.3 Å². The molecule has 1 aromatic rings. The van der Waals surface area contributed by atoms with E-state index in [-0.39, 0.29) is 29.7 Å². The fourth-order valence-corrected chi connectivity index (χ4v) is 3.72. The Balaban J connectivity index is 1.90. The number of nitrogen functional groups attached to an aromatic ring is 1. The summed E-state index contributed by atoms with van der Waals surface area (Å²) < 4.78 is 0. The zero-order chi connectivity index (χ0) is 14.4. The first-order valence-electron chi connectivity index (χ1n) is 7.22. The van der Waals surface area contributed by atoms with Gasteiger partial charge in [-0.1, -0.05) is 25.1 Å². The van der Waals surface area contributed by atoms with Crippen LogP contribution in [0.25, 0.3) is 0 Å². The molecule has 1 aromatic carbocycles. The van der Waals surface area contributed by atoms with E-state index in [1.54, 1.807) is 6.07 Å². The molecule has 3 unspecified atom stereocenters. The lowest BCUT2D eigenvalue weighted by Gasteiger charge is -2.25. The minimum Gasteiger partial charge on any atom is -0.398 e. The van der Waals surface area contributed by atoms with Gasteiger partial charge in [-0.25, -0.2) is 0 Å². The molecule has 2 amide bonds. The van der Waals surface area contributed by atoms with Crippen LogP contribution in [-0.4, -0.2) is 16.7 Å². The molecule has 0 bridgehead atoms. The third-order valence-corrected chi connectivity index (χ3v) is 4.74. The minimum atomic E-state index is -0.280. The number of hydrogen-bond donors (Lipinski definition) is 1. The molecule has 1 aliphatic heterocycles. The van der Waals surface area contributed by atoms with Crippen LogP contribution in [0.4, 0.5) is 5.69 Å². The van der Waals surface area contributed by atoms with Gasteiger partial charge in [0, 0.05) is 5.69 Å². The summed E-state index contributed by atoms with van der Waals surface area (Å²) in [6.07, 6.45) is 1.67. The maximum atomic E-state index is 12.5. The SMILES string of the molecule is CC1CC2C(=O)N(C(C)c3ccccc3N)C(=O)C2C1. The quantitative estimate of drug-likeness (QED) is 0.664. The van der Waals surface area contributed by atoms with Crippen molar-refractivity contribution in [3.05, 3.63) is 29.8 Å². The summed E-state index contributed by atoms with van der Waals surface area (Å²) in [5.41, 5.74) is 7.45. The molecule has 1 aliphatic carbocycles. The van der Waals surface area contributed by atoms with Crippen molar-refractivity contribution in [2.45, 2.75) is 32.7 Å². The molecule has 4 nitrogen and oxygen atoms in total. The molecule has 0 radical (unpaired) electrons. The molecular weight excluding hydrogens is 252 g/mol. The molecule has 0 aromatic heterocycles. The van der Waals surface area contributed by atoms with Gasteiger partial charge >= 0.3 is 0 Å². The zero-order valence-corrected chi connectivity index (χ0v) is 11.9. The van der Waals surface area contributed by atoms with Crippen LogP contribution in [0.1, 0.15) is 38.3 Å². The van der Waals surface area contributed by atoms with Crippen LogP contribution >= 0.6 is 0 Å². The van der Waals surface area contributed by atoms with Crippen molar-refractivity contribution in [2.75, 3.05) is 5.73 Å². The number of rotatable bonds is 2. The number of carbonyl (C=O) groups is 2. The van der Waals surface area contributed by atoms with Crippen LogP contribution in [0.3, 0.4) is 0 Å². The summed E-state index contributed by atoms with van der Waals surface area (Å²) in [6, 6.07) is 7.15. The Morgan fingerprint density at radius 1 is 1.15 bits per heavy atom. The number of hydrogen-bond acceptors (Lipinski definition) is 3. The average Bonchev–Trinajstić information content (AvgIpc) is 2.89. The maximum Gasteiger partial charge on any atom is 0.233 e. The van der Waals surface area contributed by atoms with Crippen LogP contribution in [0.2, 0.25) is 0 Å². The number of benzene rings is 1. The Bertz CT molecular complexity index is 545. The Labute approximate surface area is 118 Å². The van der Waals surface area contributed by atoms with Crippen LogP contribution in [0.5, 0.6) is 0 Å². The highest BCUT2D eigenvalue weighted by Crippen LogP contribution is 2.45. The van der Waals surface area contributed by atoms with Gasteiger partial charge in [-0.2, -0.15) is 0 Å². The number of fused-ring (bicyclic) bond motifs is 1. The third kappa shape index (κ3) is 1.82. The van der Waals surface area contributed by atoms with Crippen LogP contribution < -0.4 is 5.73 Å². The first kappa shape index (κ1) is 13.2. The Morgan fingerprint density at radius 2 is 1.70 bits per heavy atom. The number of carbonyl (C=O) groups excluding carboxylic acids is 2. The van der Waals surface area contributed by atoms with E-state index in [1.165, 1.54) is 4.90 Å². The third-order valence-electron chi connectivity index (χ3n) is 4.74. The predicted molar refractivity (Wildman–Crippen MR) is 76.5 cm³/mol. The van der Waals surface area contributed by atoms with Crippen molar-refractivity contribution < 1.29 is 9.59 Å². The van der Waals surface area contributed by atoms with Gasteiger partial charge < -0.3 is 5.73 Å². The normalized spacial score (nSPS) is 30.7. The van der Waals surface area contributed by atoms with Crippen molar-refractivity contribution in [2.24, 2.45) is 17.8 Å². The monoisotopic (exact) mass is 272 g/mol. The lowest BCUT2D eigenvalue weighted by Crippen LogP contribution is -2.35. The second-order valence-electron chi connectivity index (χ2n) is 6.14. The summed E-state index contributed by atoms with van der Waals surface area (Å²) in [6.45, 7) is 3.99. The number of nitrogens with zero attached hydrogens (tertiary/aromatic N) is 1. The smallest absolute Gasteiger partial charge is 0.233 e. The van der Waals surface area contributed by atoms with E-state index in [9.17, 15) is 9.59 Å². The lowest BCUT2D eigenvalue weighted by atomic mass is 10.00. The van der Waals surface area contributed by atoms with Gasteiger partial charge in [0.2, 0.25) is 11.8 Å². The molecule has 1 saturated heterocycles. The summed E-state index contributed by atoms with van der Waals surface area (Å²) in [5.74, 6) is 0.229. The van der Waals surface area contributed by atoms with Gasteiger partial charge in [0.05, 0.1) is 17.9 Å². The van der Waals surface area contributed by atoms with Crippen molar-refractivity contribution in [3.63, 3.8) is 0 Å². The van der Waals surface area contributed by atoms with Crippen molar-refractivity contribution in [1.82, 2.24) is 4.90 Å². The van der Waals surface area contributed by atoms with E-state index < -0.39 is 0 Å². The van der Waals surface area contributed by atoms with E-state index in [0.717, 1.165) is 18.4 Å². The number of nitrogens with two attached hydrogens (primary N) is 1. The van der Waals surface area contributed by atoms with E-state index in [0.29, 0.717) is 11.6 Å². The Morgan fingerprint density at radius 3 is 2.25 bits per heavy atom. The predicted octanol–water partition coefficient (Wildman–Crippen LogP) is 2.36. The topological polar surface area (TPSA) is 63.4 Å². The highest BCUT2D eigenvalue weighted by molar-refractivity contribution is 6.06. The molecular formula is C16H20N2O2. The number of likely N-dealkylation sites (tertiary alicyclic amines) is 1. The maximum absolute atomic E-state index is 12.5. The van der Waals surface area contributed by atoms with Crippen LogP contribution in [-0.2, 0) is 9.59 Å². The molecule has 20 heavy (non-hydrogen) atoms. The molecule has 3 atom stereocenters. The van der Waals surface area contributed by atoms with E-state index in [2.05, 4.69) is 6.92 Å². The zero-order valence-electron chi connectivity index (χ0n) is 11.9. The van der Waals surface area contributed by atoms with Crippen molar-refractivity contribution in [1.29, 1.82) is 0 Å². The standard InChI is InChI=1S/C16H20N2O2/c1-9-7-12-13(8-9)16(20)18(15(12)19)10(2)11-5-3-4-6-14(11)17/h3-6,9-10,12-13H,7-8,17H2,1-2H3. The van der Waals surface area contributed by atoms with Gasteiger partial charge in [0.1, 0.15) is 0 Å². The molecule has 1 heterocycles. The van der Waals surface area contributed by atoms with Gasteiger partial charge in [-0.05, 0) is 37.3 Å². The van der Waals surface area contributed by atoms with E-state index in [1.807, 2.05) is 25.1 Å². The molecule has 3 rings (SSSR count). The largest absolute Gasteiger partial charge is 0.398 e. The van der Waals surface area contributed by atoms with Crippen molar-refractivity contribution >= 4 is 17.5 Å². The van der Waals surface area contributed by atoms with Gasteiger partial charge in [0.25, 0.3) is 0 Å². The van der Waals surface area contributed by atoms with Gasteiger partial charge in [-0.15, -0.1) is 0 Å². The fraction of sp³-hybridized carbons (Fsp3) is 0.500. The second-order valence-corrected chi connectivity index (χ2v) is 6.14. The number of amides is 2. The number of para-hydroxylation sites is 1. The Hall–Kier alpha value is -1.84. The molecule has 2 aliphatic rings. The van der Waals surface area contributed by atoms with Gasteiger partial charge in [0.15, 0.2) is 0 Å². The van der Waals surface area contributed by atoms with Crippen LogP contribution in [0, 0.1) is 17.8 Å². The average molecular weight is 272 g/mol. The van der Waals surface area contributed by atoms with Gasteiger partial charge in [-0.3, -0.25) is 14.5 Å². The minimum absolute atomic E-state index is 0.0138. The summed E-state index contributed by atoms with van der Waals surface area (Å²) in [4.78, 5) is 26.5.